The Morgan fingerprint density at radius 2 is 1.89 bits per heavy atom. The lowest BCUT2D eigenvalue weighted by atomic mass is 10.1. The molecule has 0 fully saturated rings. The van der Waals surface area contributed by atoms with Gasteiger partial charge in [0.2, 0.25) is 0 Å². The lowest BCUT2D eigenvalue weighted by molar-refractivity contribution is 0.306. The standard InChI is InChI=1S/C15H17NO2/c1-10-6-7-12(8-11(10)2)9-18-14-5-3-4-13(17)15(14)16/h3-8,17H,9,16H2,1-2H3. The van der Waals surface area contributed by atoms with Gasteiger partial charge >= 0.3 is 0 Å². The van der Waals surface area contributed by atoms with Crippen molar-refractivity contribution in [3.63, 3.8) is 0 Å². The Labute approximate surface area is 107 Å². The van der Waals surface area contributed by atoms with Gasteiger partial charge in [0.05, 0.1) is 0 Å². The van der Waals surface area contributed by atoms with Gasteiger partial charge in [-0.15, -0.1) is 0 Å². The quantitative estimate of drug-likeness (QED) is 0.643. The molecule has 3 nitrogen and oxygen atoms in total. The van der Waals surface area contributed by atoms with Crippen LogP contribution in [0, 0.1) is 13.8 Å². The number of nitrogens with two attached hydrogens (primary N) is 1. The van der Waals surface area contributed by atoms with Gasteiger partial charge in [0.1, 0.15) is 23.8 Å². The van der Waals surface area contributed by atoms with E-state index in [1.165, 1.54) is 17.2 Å². The van der Waals surface area contributed by atoms with Crippen LogP contribution in [0.25, 0.3) is 0 Å². The molecule has 94 valence electrons. The van der Waals surface area contributed by atoms with E-state index in [1.807, 2.05) is 6.07 Å². The number of rotatable bonds is 3. The number of ether oxygens (including phenoxy) is 1. The summed E-state index contributed by atoms with van der Waals surface area (Å²) in [5.41, 5.74) is 9.58. The molecule has 18 heavy (non-hydrogen) atoms. The molecule has 0 aliphatic carbocycles. The minimum Gasteiger partial charge on any atom is -0.506 e. The van der Waals surface area contributed by atoms with Crippen molar-refractivity contribution >= 4 is 5.69 Å². The van der Waals surface area contributed by atoms with E-state index in [0.29, 0.717) is 12.4 Å². The molecule has 2 aromatic rings. The first kappa shape index (κ1) is 12.3. The van der Waals surface area contributed by atoms with Crippen LogP contribution in [-0.4, -0.2) is 5.11 Å². The first-order valence-electron chi connectivity index (χ1n) is 5.84. The first-order valence-corrected chi connectivity index (χ1v) is 5.84. The molecular formula is C15H17NO2. The van der Waals surface area contributed by atoms with E-state index in [0.717, 1.165) is 5.56 Å². The summed E-state index contributed by atoms with van der Waals surface area (Å²) < 4.78 is 5.61. The third kappa shape index (κ3) is 2.56. The lowest BCUT2D eigenvalue weighted by Crippen LogP contribution is -1.99. The molecule has 0 spiro atoms. The van der Waals surface area contributed by atoms with Gasteiger partial charge in [-0.1, -0.05) is 24.3 Å². The SMILES string of the molecule is Cc1ccc(COc2cccc(O)c2N)cc1C. The molecule has 3 heteroatoms. The highest BCUT2D eigenvalue weighted by Gasteiger charge is 2.05. The van der Waals surface area contributed by atoms with Gasteiger partial charge in [0.15, 0.2) is 0 Å². The molecule has 0 saturated carbocycles. The van der Waals surface area contributed by atoms with Crippen LogP contribution in [0.4, 0.5) is 5.69 Å². The van der Waals surface area contributed by atoms with Crippen LogP contribution in [0.15, 0.2) is 36.4 Å². The molecule has 0 amide bonds. The second-order valence-corrected chi connectivity index (χ2v) is 4.40. The maximum absolute atomic E-state index is 9.47. The number of hydrogen-bond acceptors (Lipinski definition) is 3. The van der Waals surface area contributed by atoms with Gasteiger partial charge in [0.25, 0.3) is 0 Å². The van der Waals surface area contributed by atoms with Crippen molar-refractivity contribution in [3.05, 3.63) is 53.1 Å². The largest absolute Gasteiger partial charge is 0.506 e. The number of aryl methyl sites for hydroxylation is 2. The van der Waals surface area contributed by atoms with Gasteiger partial charge in [-0.3, -0.25) is 0 Å². The third-order valence-electron chi connectivity index (χ3n) is 3.01. The predicted octanol–water partition coefficient (Wildman–Crippen LogP) is 3.17. The summed E-state index contributed by atoms with van der Waals surface area (Å²) in [6, 6.07) is 11.2. The molecule has 0 aliphatic heterocycles. The predicted molar refractivity (Wildman–Crippen MR) is 72.8 cm³/mol. The number of anilines is 1. The summed E-state index contributed by atoms with van der Waals surface area (Å²) in [6.07, 6.45) is 0. The number of benzene rings is 2. The molecule has 0 atom stereocenters. The van der Waals surface area contributed by atoms with Gasteiger partial charge in [0, 0.05) is 0 Å². The first-order chi connectivity index (χ1) is 8.58. The van der Waals surface area contributed by atoms with Gasteiger partial charge < -0.3 is 15.6 Å². The third-order valence-corrected chi connectivity index (χ3v) is 3.01. The molecule has 3 N–H and O–H groups in total. The van der Waals surface area contributed by atoms with E-state index < -0.39 is 0 Å². The van der Waals surface area contributed by atoms with E-state index in [9.17, 15) is 5.11 Å². The number of phenolic OH excluding ortho intramolecular Hbond substituents is 1. The fourth-order valence-electron chi connectivity index (χ4n) is 1.71. The molecule has 0 unspecified atom stereocenters. The maximum atomic E-state index is 9.47. The Bertz CT molecular complexity index is 564. The number of aromatic hydroxyl groups is 1. The van der Waals surface area contributed by atoms with E-state index in [-0.39, 0.29) is 11.4 Å². The van der Waals surface area contributed by atoms with E-state index in [1.54, 1.807) is 12.1 Å². The molecule has 0 aliphatic rings. The fourth-order valence-corrected chi connectivity index (χ4v) is 1.71. The van der Waals surface area contributed by atoms with Crippen molar-refractivity contribution < 1.29 is 9.84 Å². The normalized spacial score (nSPS) is 10.3. The second kappa shape index (κ2) is 5.00. The zero-order chi connectivity index (χ0) is 13.1. The second-order valence-electron chi connectivity index (χ2n) is 4.40. The number of hydrogen-bond donors (Lipinski definition) is 2. The maximum Gasteiger partial charge on any atom is 0.146 e. The topological polar surface area (TPSA) is 55.5 Å². The van der Waals surface area contributed by atoms with Crippen LogP contribution in [0.5, 0.6) is 11.5 Å². The van der Waals surface area contributed by atoms with Crippen LogP contribution in [-0.2, 0) is 6.61 Å². The smallest absolute Gasteiger partial charge is 0.146 e. The van der Waals surface area contributed by atoms with Crippen molar-refractivity contribution in [1.29, 1.82) is 0 Å². The van der Waals surface area contributed by atoms with Crippen molar-refractivity contribution in [2.75, 3.05) is 5.73 Å². The number of nitrogen functional groups attached to an aromatic ring is 1. The van der Waals surface area contributed by atoms with Crippen molar-refractivity contribution in [1.82, 2.24) is 0 Å². The minimum atomic E-state index is 0.0487. The van der Waals surface area contributed by atoms with Crippen molar-refractivity contribution in [3.8, 4) is 11.5 Å². The van der Waals surface area contributed by atoms with Crippen LogP contribution >= 0.6 is 0 Å². The molecule has 0 saturated heterocycles. The zero-order valence-corrected chi connectivity index (χ0v) is 10.6. The summed E-state index contributed by atoms with van der Waals surface area (Å²) in [7, 11) is 0. The molecule has 0 bridgehead atoms. The summed E-state index contributed by atoms with van der Waals surface area (Å²) in [4.78, 5) is 0. The summed E-state index contributed by atoms with van der Waals surface area (Å²) in [5.74, 6) is 0.556. The Balaban J connectivity index is 2.11. The highest BCUT2D eigenvalue weighted by Crippen LogP contribution is 2.30. The Kier molecular flexibility index (Phi) is 3.42. The monoisotopic (exact) mass is 243 g/mol. The molecule has 2 rings (SSSR count). The van der Waals surface area contributed by atoms with Gasteiger partial charge in [-0.05, 0) is 42.7 Å². The van der Waals surface area contributed by atoms with Crippen LogP contribution in [0.3, 0.4) is 0 Å². The fraction of sp³-hybridized carbons (Fsp3) is 0.200. The molecule has 0 heterocycles. The summed E-state index contributed by atoms with van der Waals surface area (Å²) in [5, 5.41) is 9.47. The number of phenols is 1. The van der Waals surface area contributed by atoms with E-state index >= 15 is 0 Å². The van der Waals surface area contributed by atoms with Crippen LogP contribution < -0.4 is 10.5 Å². The highest BCUT2D eigenvalue weighted by atomic mass is 16.5. The molecule has 0 radical (unpaired) electrons. The Morgan fingerprint density at radius 1 is 1.11 bits per heavy atom. The van der Waals surface area contributed by atoms with Gasteiger partial charge in [-0.25, -0.2) is 0 Å². The summed E-state index contributed by atoms with van der Waals surface area (Å²) >= 11 is 0. The molecule has 2 aromatic carbocycles. The molecule has 0 aromatic heterocycles. The average molecular weight is 243 g/mol. The lowest BCUT2D eigenvalue weighted by Gasteiger charge is -2.10. The van der Waals surface area contributed by atoms with Crippen LogP contribution in [0.2, 0.25) is 0 Å². The Hall–Kier alpha value is -2.16. The summed E-state index contributed by atoms with van der Waals surface area (Å²) in [6.45, 7) is 4.59. The average Bonchev–Trinajstić information content (AvgIpc) is 2.35. The highest BCUT2D eigenvalue weighted by molar-refractivity contribution is 5.61. The number of para-hydroxylation sites is 1. The van der Waals surface area contributed by atoms with Crippen molar-refractivity contribution in [2.24, 2.45) is 0 Å². The molecular weight excluding hydrogens is 226 g/mol. The van der Waals surface area contributed by atoms with Crippen LogP contribution in [0.1, 0.15) is 16.7 Å². The van der Waals surface area contributed by atoms with E-state index in [4.69, 9.17) is 10.5 Å². The van der Waals surface area contributed by atoms with Crippen molar-refractivity contribution in [2.45, 2.75) is 20.5 Å². The van der Waals surface area contributed by atoms with Gasteiger partial charge in [-0.2, -0.15) is 0 Å². The van der Waals surface area contributed by atoms with E-state index in [2.05, 4.69) is 26.0 Å². The zero-order valence-electron chi connectivity index (χ0n) is 10.6. The minimum absolute atomic E-state index is 0.0487. The Morgan fingerprint density at radius 3 is 2.61 bits per heavy atom.